The van der Waals surface area contributed by atoms with Crippen LogP contribution in [-0.2, 0) is 23.7 Å². The lowest BCUT2D eigenvalue weighted by atomic mass is 9.42. The van der Waals surface area contributed by atoms with Gasteiger partial charge in [0.2, 0.25) is 0 Å². The number of hydrogen-bond donors (Lipinski definition) is 3. The lowest BCUT2D eigenvalue weighted by Crippen LogP contribution is -2.67. The van der Waals surface area contributed by atoms with Gasteiger partial charge < -0.3 is 34.3 Å². The molecule has 0 aromatic carbocycles. The Morgan fingerprint density at radius 1 is 1.00 bits per heavy atom. The summed E-state index contributed by atoms with van der Waals surface area (Å²) in [5.41, 5.74) is -1.17. The van der Waals surface area contributed by atoms with E-state index in [9.17, 15) is 20.1 Å². The van der Waals surface area contributed by atoms with Crippen LogP contribution in [0.4, 0.5) is 0 Å². The molecule has 0 aromatic rings. The fraction of sp³-hybridized carbons (Fsp3) is 0.900. The van der Waals surface area contributed by atoms with Gasteiger partial charge in [-0.3, -0.25) is 0 Å². The molecule has 6 aliphatic rings. The lowest BCUT2D eigenvalue weighted by molar-refractivity contribution is -0.291. The minimum atomic E-state index is -0.853. The van der Waals surface area contributed by atoms with Crippen molar-refractivity contribution < 1.29 is 39.1 Å². The third-order valence-corrected chi connectivity index (χ3v) is 12.4. The summed E-state index contributed by atoms with van der Waals surface area (Å²) in [6.45, 7) is 6.67. The zero-order valence-corrected chi connectivity index (χ0v) is 23.4. The number of hydrogen-bond acceptors (Lipinski definition) is 8. The van der Waals surface area contributed by atoms with Gasteiger partial charge in [-0.25, -0.2) is 4.79 Å². The predicted octanol–water partition coefficient (Wildman–Crippen LogP) is 3.25. The van der Waals surface area contributed by atoms with Gasteiger partial charge in [0.25, 0.3) is 0 Å². The topological polar surface area (TPSA) is 115 Å². The summed E-state index contributed by atoms with van der Waals surface area (Å²) >= 11 is 0. The second kappa shape index (κ2) is 9.25. The van der Waals surface area contributed by atoms with Crippen molar-refractivity contribution in [3.8, 4) is 0 Å². The summed E-state index contributed by atoms with van der Waals surface area (Å²) in [6, 6.07) is 0. The Kier molecular flexibility index (Phi) is 6.61. The monoisotopic (exact) mass is 534 g/mol. The van der Waals surface area contributed by atoms with Crippen molar-refractivity contribution in [2.75, 3.05) is 13.7 Å². The molecule has 4 aliphatic carbocycles. The molecule has 214 valence electrons. The lowest BCUT2D eigenvalue weighted by Gasteiger charge is -2.66. The highest BCUT2D eigenvalue weighted by Gasteiger charge is 2.70. The fourth-order valence-corrected chi connectivity index (χ4v) is 10.0. The number of methoxy groups -OCH3 is 1. The number of cyclic esters (lactones) is 1. The fourth-order valence-electron chi connectivity index (χ4n) is 10.0. The van der Waals surface area contributed by atoms with E-state index in [0.717, 1.165) is 50.5 Å². The van der Waals surface area contributed by atoms with Gasteiger partial charge >= 0.3 is 5.97 Å². The van der Waals surface area contributed by atoms with Crippen LogP contribution in [0.25, 0.3) is 0 Å². The summed E-state index contributed by atoms with van der Waals surface area (Å²) in [6.07, 6.45) is 7.36. The molecule has 8 nitrogen and oxygen atoms in total. The molecule has 0 bridgehead atoms. The van der Waals surface area contributed by atoms with Crippen LogP contribution in [0.3, 0.4) is 0 Å². The molecule has 1 saturated heterocycles. The average Bonchev–Trinajstić information content (AvgIpc) is 3.41. The van der Waals surface area contributed by atoms with Gasteiger partial charge in [-0.1, -0.05) is 13.8 Å². The van der Waals surface area contributed by atoms with E-state index in [1.165, 1.54) is 0 Å². The Balaban J connectivity index is 1.18. The van der Waals surface area contributed by atoms with E-state index in [2.05, 4.69) is 13.8 Å². The molecule has 0 radical (unpaired) electrons. The van der Waals surface area contributed by atoms with Crippen LogP contribution in [0.5, 0.6) is 0 Å². The SMILES string of the molecule is CO[C@@H]1C[C@H](O[C@H]2CC[C@]3(C)[C@@H]4CC[C@]5(C)[C@@H](C6=CC(=O)OC6)CC[C@]5(O)[C@@H]4CC[C@]3(O)C2)O[C@H](C)[C@H]1O. The molecule has 0 spiro atoms. The minimum absolute atomic E-state index is 0.116. The van der Waals surface area contributed by atoms with Crippen LogP contribution in [0.2, 0.25) is 0 Å². The molecular formula is C30H46O8. The van der Waals surface area contributed by atoms with Crippen LogP contribution < -0.4 is 0 Å². The summed E-state index contributed by atoms with van der Waals surface area (Å²) in [7, 11) is 1.60. The smallest absolute Gasteiger partial charge is 0.331 e. The Hall–Kier alpha value is -1.03. The Morgan fingerprint density at radius 3 is 2.45 bits per heavy atom. The maximum atomic E-state index is 12.4. The van der Waals surface area contributed by atoms with Gasteiger partial charge in [-0.05, 0) is 87.0 Å². The molecule has 6 rings (SSSR count). The highest BCUT2D eigenvalue weighted by molar-refractivity contribution is 5.85. The number of aliphatic hydroxyl groups is 3. The van der Waals surface area contributed by atoms with E-state index in [0.29, 0.717) is 25.9 Å². The Bertz CT molecular complexity index is 983. The van der Waals surface area contributed by atoms with Crippen molar-refractivity contribution in [2.24, 2.45) is 28.6 Å². The molecule has 8 heteroatoms. The third kappa shape index (κ3) is 3.81. The molecule has 38 heavy (non-hydrogen) atoms. The maximum absolute atomic E-state index is 12.4. The van der Waals surface area contributed by atoms with Crippen LogP contribution in [0, 0.1) is 28.6 Å². The number of esters is 1. The number of rotatable bonds is 4. The summed E-state index contributed by atoms with van der Waals surface area (Å²) in [4.78, 5) is 11.8. The average molecular weight is 535 g/mol. The first-order chi connectivity index (χ1) is 17.9. The standard InChI is InChI=1S/C30H46O8/c1-17-26(32)23(35-4)14-25(37-17)38-19-5-9-27(2)21-6-10-28(3)20(18-13-24(31)36-16-18)8-12-30(28,34)22(21)7-11-29(27,33)15-19/h13,17,19-23,25-26,32-34H,5-12,14-16H2,1-4H3/t17-,19+,20-,21-,22-,23-,25+,26-,27-,28-,29+,30+/m1/s1. The second-order valence-electron chi connectivity index (χ2n) is 13.8. The quantitative estimate of drug-likeness (QED) is 0.372. The number of carbonyl (C=O) groups is 1. The van der Waals surface area contributed by atoms with E-state index < -0.39 is 23.6 Å². The van der Waals surface area contributed by atoms with Crippen LogP contribution in [-0.4, -0.2) is 76.9 Å². The molecule has 12 atom stereocenters. The van der Waals surface area contributed by atoms with E-state index in [-0.39, 0.29) is 52.9 Å². The summed E-state index contributed by atoms with van der Waals surface area (Å²) in [5.74, 6) is 0.293. The van der Waals surface area contributed by atoms with E-state index in [4.69, 9.17) is 18.9 Å². The minimum Gasteiger partial charge on any atom is -0.458 e. The van der Waals surface area contributed by atoms with Gasteiger partial charge in [0.15, 0.2) is 6.29 Å². The van der Waals surface area contributed by atoms with Crippen molar-refractivity contribution in [1.82, 2.24) is 0 Å². The number of aliphatic hydroxyl groups excluding tert-OH is 1. The molecule has 0 unspecified atom stereocenters. The molecular weight excluding hydrogens is 488 g/mol. The molecule has 0 aromatic heterocycles. The number of carbonyl (C=O) groups excluding carboxylic acids is 1. The van der Waals surface area contributed by atoms with E-state index >= 15 is 0 Å². The van der Waals surface area contributed by atoms with Crippen molar-refractivity contribution >= 4 is 5.97 Å². The van der Waals surface area contributed by atoms with Crippen LogP contribution in [0.15, 0.2) is 11.6 Å². The van der Waals surface area contributed by atoms with Gasteiger partial charge in [-0.2, -0.15) is 0 Å². The van der Waals surface area contributed by atoms with Crippen molar-refractivity contribution in [2.45, 2.75) is 127 Å². The third-order valence-electron chi connectivity index (χ3n) is 12.4. The largest absolute Gasteiger partial charge is 0.458 e. The summed E-state index contributed by atoms with van der Waals surface area (Å²) < 4.78 is 23.0. The first-order valence-electron chi connectivity index (χ1n) is 14.8. The zero-order chi connectivity index (χ0) is 27.1. The number of fused-ring (bicyclic) bond motifs is 5. The predicted molar refractivity (Wildman–Crippen MR) is 138 cm³/mol. The van der Waals surface area contributed by atoms with Gasteiger partial charge in [0.05, 0.1) is 29.5 Å². The van der Waals surface area contributed by atoms with Gasteiger partial charge in [0.1, 0.15) is 12.7 Å². The highest BCUT2D eigenvalue weighted by atomic mass is 16.7. The van der Waals surface area contributed by atoms with Gasteiger partial charge in [0, 0.05) is 31.4 Å². The molecule has 3 N–H and O–H groups in total. The van der Waals surface area contributed by atoms with Crippen LogP contribution >= 0.6 is 0 Å². The van der Waals surface area contributed by atoms with Crippen LogP contribution in [0.1, 0.15) is 85.0 Å². The molecule has 4 saturated carbocycles. The van der Waals surface area contributed by atoms with Gasteiger partial charge in [-0.15, -0.1) is 0 Å². The molecule has 5 fully saturated rings. The maximum Gasteiger partial charge on any atom is 0.331 e. The van der Waals surface area contributed by atoms with E-state index in [1.54, 1.807) is 13.2 Å². The number of ether oxygens (including phenoxy) is 4. The molecule has 2 heterocycles. The first kappa shape index (κ1) is 27.2. The normalized spacial score (nSPS) is 54.5. The highest BCUT2D eigenvalue weighted by Crippen LogP contribution is 2.70. The Morgan fingerprint density at radius 2 is 1.74 bits per heavy atom. The van der Waals surface area contributed by atoms with Crippen molar-refractivity contribution in [1.29, 1.82) is 0 Å². The Labute approximate surface area is 226 Å². The van der Waals surface area contributed by atoms with Crippen molar-refractivity contribution in [3.63, 3.8) is 0 Å². The summed E-state index contributed by atoms with van der Waals surface area (Å²) in [5, 5.41) is 34.9. The zero-order valence-electron chi connectivity index (χ0n) is 23.4. The second-order valence-corrected chi connectivity index (χ2v) is 13.8. The first-order valence-corrected chi connectivity index (χ1v) is 14.8. The molecule has 2 aliphatic heterocycles. The van der Waals surface area contributed by atoms with Crippen molar-refractivity contribution in [3.05, 3.63) is 11.6 Å². The molecule has 0 amide bonds. The van der Waals surface area contributed by atoms with E-state index in [1.807, 2.05) is 6.92 Å².